The van der Waals surface area contributed by atoms with Crippen molar-refractivity contribution in [2.45, 2.75) is 20.8 Å². The van der Waals surface area contributed by atoms with Gasteiger partial charge >= 0.3 is 5.97 Å². The quantitative estimate of drug-likeness (QED) is 0.803. The van der Waals surface area contributed by atoms with Crippen molar-refractivity contribution in [3.63, 3.8) is 0 Å². The third-order valence-electron chi connectivity index (χ3n) is 2.48. The second-order valence-electron chi connectivity index (χ2n) is 3.99. The highest BCUT2D eigenvalue weighted by Crippen LogP contribution is 2.16. The lowest BCUT2D eigenvalue weighted by Crippen LogP contribution is -2.22. The fraction of sp³-hybridized carbons (Fsp3) is 0.462. The summed E-state index contributed by atoms with van der Waals surface area (Å²) in [6.45, 7) is 6.26. The Morgan fingerprint density at radius 2 is 2.24 bits per heavy atom. The van der Waals surface area contributed by atoms with Gasteiger partial charge in [0.15, 0.2) is 0 Å². The van der Waals surface area contributed by atoms with Crippen molar-refractivity contribution in [1.82, 2.24) is 0 Å². The minimum Gasteiger partial charge on any atom is -0.466 e. The number of hydrogen-bond donors (Lipinski definition) is 1. The van der Waals surface area contributed by atoms with Gasteiger partial charge in [-0.15, -0.1) is 0 Å². The van der Waals surface area contributed by atoms with E-state index in [0.29, 0.717) is 13.2 Å². The lowest BCUT2D eigenvalue weighted by Gasteiger charge is -2.14. The fourth-order valence-electron chi connectivity index (χ4n) is 1.46. The molecule has 1 aromatic rings. The Labute approximate surface area is 101 Å². The van der Waals surface area contributed by atoms with E-state index in [1.165, 1.54) is 12.1 Å². The van der Waals surface area contributed by atoms with Crippen molar-refractivity contribution in [2.75, 3.05) is 18.5 Å². The van der Waals surface area contributed by atoms with Gasteiger partial charge in [-0.1, -0.05) is 6.92 Å². The van der Waals surface area contributed by atoms with Crippen LogP contribution in [0.15, 0.2) is 18.2 Å². The van der Waals surface area contributed by atoms with E-state index < -0.39 is 0 Å². The maximum Gasteiger partial charge on any atom is 0.310 e. The van der Waals surface area contributed by atoms with Crippen LogP contribution in [0, 0.1) is 18.7 Å². The largest absolute Gasteiger partial charge is 0.466 e. The van der Waals surface area contributed by atoms with E-state index in [2.05, 4.69) is 5.32 Å². The van der Waals surface area contributed by atoms with Crippen molar-refractivity contribution in [3.05, 3.63) is 29.6 Å². The molecule has 1 unspecified atom stereocenters. The molecule has 4 heteroatoms. The minimum atomic E-state index is -0.258. The van der Waals surface area contributed by atoms with E-state index in [1.54, 1.807) is 19.9 Å². The number of halogens is 1. The lowest BCUT2D eigenvalue weighted by atomic mass is 10.1. The maximum atomic E-state index is 12.9. The molecule has 0 aliphatic rings. The standard InChI is InChI=1S/C13H18FNO2/c1-4-17-13(16)10(3)8-15-12-6-5-11(14)7-9(12)2/h5-7,10,15H,4,8H2,1-3H3. The Hall–Kier alpha value is -1.58. The van der Waals surface area contributed by atoms with Crippen molar-refractivity contribution in [3.8, 4) is 0 Å². The van der Waals surface area contributed by atoms with Crippen molar-refractivity contribution in [1.29, 1.82) is 0 Å². The van der Waals surface area contributed by atoms with Crippen molar-refractivity contribution in [2.24, 2.45) is 5.92 Å². The average Bonchev–Trinajstić information content (AvgIpc) is 2.27. The van der Waals surface area contributed by atoms with Gasteiger partial charge in [-0.2, -0.15) is 0 Å². The van der Waals surface area contributed by atoms with Gasteiger partial charge in [-0.05, 0) is 37.6 Å². The molecule has 0 fully saturated rings. The molecule has 1 rings (SSSR count). The number of anilines is 1. The molecule has 0 heterocycles. The van der Waals surface area contributed by atoms with E-state index in [1.807, 2.05) is 6.92 Å². The summed E-state index contributed by atoms with van der Waals surface area (Å²) in [4.78, 5) is 11.4. The predicted octanol–water partition coefficient (Wildman–Crippen LogP) is 2.75. The number of aryl methyl sites for hydroxylation is 1. The highest BCUT2D eigenvalue weighted by atomic mass is 19.1. The molecule has 0 radical (unpaired) electrons. The summed E-state index contributed by atoms with van der Waals surface area (Å²) in [5.41, 5.74) is 1.66. The molecule has 0 aromatic heterocycles. The molecule has 0 bridgehead atoms. The van der Waals surface area contributed by atoms with E-state index in [0.717, 1.165) is 11.3 Å². The molecule has 0 aliphatic heterocycles. The summed E-state index contributed by atoms with van der Waals surface area (Å²) in [5.74, 6) is -0.703. The molecule has 1 atom stereocenters. The number of benzene rings is 1. The van der Waals surface area contributed by atoms with Gasteiger partial charge in [0.05, 0.1) is 12.5 Å². The van der Waals surface area contributed by atoms with Crippen LogP contribution in [0.1, 0.15) is 19.4 Å². The van der Waals surface area contributed by atoms with Crippen LogP contribution in [0.2, 0.25) is 0 Å². The third kappa shape index (κ3) is 4.06. The number of esters is 1. The summed E-state index contributed by atoms with van der Waals surface area (Å²) >= 11 is 0. The molecule has 0 aliphatic carbocycles. The normalized spacial score (nSPS) is 12.0. The first-order valence-electron chi connectivity index (χ1n) is 5.71. The second kappa shape index (κ2) is 6.23. The molecular weight excluding hydrogens is 221 g/mol. The van der Waals surface area contributed by atoms with Gasteiger partial charge < -0.3 is 10.1 Å². The van der Waals surface area contributed by atoms with Crippen LogP contribution in [0.4, 0.5) is 10.1 Å². The summed E-state index contributed by atoms with van der Waals surface area (Å²) in [5, 5.41) is 3.11. The molecular formula is C13H18FNO2. The Balaban J connectivity index is 2.52. The summed E-state index contributed by atoms with van der Waals surface area (Å²) in [7, 11) is 0. The molecule has 0 saturated heterocycles. The molecule has 17 heavy (non-hydrogen) atoms. The highest BCUT2D eigenvalue weighted by Gasteiger charge is 2.13. The smallest absolute Gasteiger partial charge is 0.310 e. The van der Waals surface area contributed by atoms with Crippen molar-refractivity contribution >= 4 is 11.7 Å². The van der Waals surface area contributed by atoms with E-state index in [9.17, 15) is 9.18 Å². The highest BCUT2D eigenvalue weighted by molar-refractivity contribution is 5.72. The Bertz CT molecular complexity index is 393. The lowest BCUT2D eigenvalue weighted by molar-refractivity contribution is -0.146. The third-order valence-corrected chi connectivity index (χ3v) is 2.48. The number of rotatable bonds is 5. The van der Waals surface area contributed by atoms with Gasteiger partial charge in [0.2, 0.25) is 0 Å². The monoisotopic (exact) mass is 239 g/mol. The van der Waals surface area contributed by atoms with Crippen LogP contribution < -0.4 is 5.32 Å². The zero-order chi connectivity index (χ0) is 12.8. The number of carbonyl (C=O) groups excluding carboxylic acids is 1. The second-order valence-corrected chi connectivity index (χ2v) is 3.99. The predicted molar refractivity (Wildman–Crippen MR) is 65.4 cm³/mol. The van der Waals surface area contributed by atoms with Gasteiger partial charge in [-0.3, -0.25) is 4.79 Å². The zero-order valence-electron chi connectivity index (χ0n) is 10.4. The number of ether oxygens (including phenoxy) is 1. The molecule has 1 aromatic carbocycles. The fourth-order valence-corrected chi connectivity index (χ4v) is 1.46. The van der Waals surface area contributed by atoms with E-state index >= 15 is 0 Å². The minimum absolute atomic E-state index is 0.222. The molecule has 0 saturated carbocycles. The summed E-state index contributed by atoms with van der Waals surface area (Å²) in [6.07, 6.45) is 0. The van der Waals surface area contributed by atoms with Gasteiger partial charge in [-0.25, -0.2) is 4.39 Å². The average molecular weight is 239 g/mol. The summed E-state index contributed by atoms with van der Waals surface area (Å²) < 4.78 is 17.8. The van der Waals surface area contributed by atoms with E-state index in [4.69, 9.17) is 4.74 Å². The number of hydrogen-bond acceptors (Lipinski definition) is 3. The SMILES string of the molecule is CCOC(=O)C(C)CNc1ccc(F)cc1C. The molecule has 94 valence electrons. The van der Waals surface area contributed by atoms with E-state index in [-0.39, 0.29) is 17.7 Å². The maximum absolute atomic E-state index is 12.9. The molecule has 0 spiro atoms. The zero-order valence-corrected chi connectivity index (χ0v) is 10.4. The Kier molecular flexibility index (Phi) is 4.94. The Morgan fingerprint density at radius 3 is 2.82 bits per heavy atom. The first-order chi connectivity index (χ1) is 8.04. The Morgan fingerprint density at radius 1 is 1.53 bits per heavy atom. The topological polar surface area (TPSA) is 38.3 Å². The van der Waals surface area contributed by atoms with Gasteiger partial charge in [0.25, 0.3) is 0 Å². The number of carbonyl (C=O) groups is 1. The van der Waals surface area contributed by atoms with Crippen LogP contribution in [0.3, 0.4) is 0 Å². The molecule has 1 N–H and O–H groups in total. The van der Waals surface area contributed by atoms with Crippen LogP contribution in [0.5, 0.6) is 0 Å². The number of nitrogens with one attached hydrogen (secondary N) is 1. The van der Waals surface area contributed by atoms with Crippen LogP contribution in [0.25, 0.3) is 0 Å². The van der Waals surface area contributed by atoms with Gasteiger partial charge in [0, 0.05) is 12.2 Å². The van der Waals surface area contributed by atoms with Crippen molar-refractivity contribution < 1.29 is 13.9 Å². The van der Waals surface area contributed by atoms with Crippen LogP contribution in [-0.4, -0.2) is 19.1 Å². The molecule has 3 nitrogen and oxygen atoms in total. The molecule has 0 amide bonds. The first kappa shape index (κ1) is 13.5. The van der Waals surface area contributed by atoms with Crippen LogP contribution in [-0.2, 0) is 9.53 Å². The summed E-state index contributed by atoms with van der Waals surface area (Å²) in [6, 6.07) is 4.52. The van der Waals surface area contributed by atoms with Crippen LogP contribution >= 0.6 is 0 Å². The van der Waals surface area contributed by atoms with Gasteiger partial charge in [0.1, 0.15) is 5.82 Å². The first-order valence-corrected chi connectivity index (χ1v) is 5.71.